The first-order valence-electron chi connectivity index (χ1n) is 10.1. The van der Waals surface area contributed by atoms with Gasteiger partial charge in [0.05, 0.1) is 17.3 Å². The normalized spacial score (nSPS) is 12.0. The molecule has 4 rings (SSSR count). The first-order valence-corrected chi connectivity index (χ1v) is 10.5. The second kappa shape index (κ2) is 8.48. The molecule has 162 valence electrons. The van der Waals surface area contributed by atoms with Gasteiger partial charge in [-0.25, -0.2) is 9.78 Å². The Hall–Kier alpha value is -3.64. The van der Waals surface area contributed by atoms with E-state index in [-0.39, 0.29) is 17.2 Å². The van der Waals surface area contributed by atoms with Crippen LogP contribution in [0.3, 0.4) is 0 Å². The number of nitrogens with zero attached hydrogens (tertiary/aromatic N) is 2. The van der Waals surface area contributed by atoms with Crippen LogP contribution in [0.5, 0.6) is 0 Å². The van der Waals surface area contributed by atoms with Crippen molar-refractivity contribution in [1.82, 2.24) is 9.38 Å². The zero-order valence-electron chi connectivity index (χ0n) is 17.9. The van der Waals surface area contributed by atoms with Crippen LogP contribution >= 0.6 is 11.6 Å². The Morgan fingerprint density at radius 3 is 2.50 bits per heavy atom. The second-order valence-electron chi connectivity index (χ2n) is 7.78. The van der Waals surface area contributed by atoms with Gasteiger partial charge < -0.3 is 10.4 Å². The fourth-order valence-electron chi connectivity index (χ4n) is 3.81. The average Bonchev–Trinajstić information content (AvgIpc) is 2.77. The van der Waals surface area contributed by atoms with E-state index in [2.05, 4.69) is 5.32 Å². The highest BCUT2D eigenvalue weighted by molar-refractivity contribution is 6.30. The number of hydrogen-bond acceptors (Lipinski definition) is 4. The van der Waals surface area contributed by atoms with Crippen LogP contribution in [0.1, 0.15) is 40.0 Å². The van der Waals surface area contributed by atoms with Gasteiger partial charge in [-0.05, 0) is 56.7 Å². The molecule has 4 aromatic rings. The Kier molecular flexibility index (Phi) is 5.72. The van der Waals surface area contributed by atoms with Crippen molar-refractivity contribution in [3.05, 3.63) is 98.4 Å². The highest BCUT2D eigenvalue weighted by atomic mass is 35.5. The number of benzene rings is 2. The number of carboxylic acids is 1. The van der Waals surface area contributed by atoms with Crippen LogP contribution in [-0.4, -0.2) is 20.5 Å². The number of para-hydroxylation sites is 1. The Labute approximate surface area is 190 Å². The lowest BCUT2D eigenvalue weighted by molar-refractivity contribution is 0.0698. The van der Waals surface area contributed by atoms with E-state index in [4.69, 9.17) is 16.6 Å². The van der Waals surface area contributed by atoms with Crippen LogP contribution in [0.2, 0.25) is 5.02 Å². The molecule has 1 atom stereocenters. The summed E-state index contributed by atoms with van der Waals surface area (Å²) in [7, 11) is 0. The zero-order chi connectivity index (χ0) is 23.0. The van der Waals surface area contributed by atoms with E-state index < -0.39 is 5.97 Å². The highest BCUT2D eigenvalue weighted by Crippen LogP contribution is 2.28. The molecule has 0 amide bonds. The lowest BCUT2D eigenvalue weighted by Crippen LogP contribution is -2.22. The summed E-state index contributed by atoms with van der Waals surface area (Å²) in [5.41, 5.74) is 4.67. The molecule has 0 spiro atoms. The van der Waals surface area contributed by atoms with Gasteiger partial charge in [0.1, 0.15) is 5.65 Å². The van der Waals surface area contributed by atoms with Crippen molar-refractivity contribution in [3.8, 4) is 11.3 Å². The van der Waals surface area contributed by atoms with E-state index >= 15 is 0 Å². The van der Waals surface area contributed by atoms with Gasteiger partial charge in [0.2, 0.25) is 0 Å². The SMILES string of the molecule is Cc1cc(C(C)Nc2ccccc2C(=O)O)c2nc(-c3ccc(Cl)cc3)c(C)c(=O)n2c1. The van der Waals surface area contributed by atoms with E-state index in [1.807, 2.05) is 32.0 Å². The molecule has 32 heavy (non-hydrogen) atoms. The summed E-state index contributed by atoms with van der Waals surface area (Å²) in [5, 5.41) is 13.4. The number of pyridine rings is 1. The van der Waals surface area contributed by atoms with Crippen molar-refractivity contribution in [3.63, 3.8) is 0 Å². The molecule has 0 saturated carbocycles. The number of nitrogens with one attached hydrogen (secondary N) is 1. The number of carbonyl (C=O) groups is 1. The van der Waals surface area contributed by atoms with E-state index in [9.17, 15) is 14.7 Å². The number of anilines is 1. The largest absolute Gasteiger partial charge is 0.478 e. The van der Waals surface area contributed by atoms with E-state index in [0.717, 1.165) is 16.7 Å². The summed E-state index contributed by atoms with van der Waals surface area (Å²) in [6.45, 7) is 5.59. The fraction of sp³-hybridized carbons (Fsp3) is 0.160. The summed E-state index contributed by atoms with van der Waals surface area (Å²) in [4.78, 5) is 29.7. The minimum Gasteiger partial charge on any atom is -0.478 e. The molecule has 0 bridgehead atoms. The predicted molar refractivity (Wildman–Crippen MR) is 127 cm³/mol. The third-order valence-electron chi connectivity index (χ3n) is 5.43. The maximum atomic E-state index is 13.2. The van der Waals surface area contributed by atoms with Gasteiger partial charge in [0.25, 0.3) is 5.56 Å². The Morgan fingerprint density at radius 2 is 1.81 bits per heavy atom. The molecule has 2 aromatic heterocycles. The lowest BCUT2D eigenvalue weighted by Gasteiger charge is -2.20. The first-order chi connectivity index (χ1) is 15.3. The number of aryl methyl sites for hydroxylation is 1. The van der Waals surface area contributed by atoms with Crippen molar-refractivity contribution in [1.29, 1.82) is 0 Å². The van der Waals surface area contributed by atoms with Crippen molar-refractivity contribution in [2.24, 2.45) is 0 Å². The van der Waals surface area contributed by atoms with Crippen molar-refractivity contribution in [2.45, 2.75) is 26.8 Å². The summed E-state index contributed by atoms with van der Waals surface area (Å²) < 4.78 is 1.56. The average molecular weight is 448 g/mol. The summed E-state index contributed by atoms with van der Waals surface area (Å²) in [6, 6.07) is 15.6. The molecule has 0 fully saturated rings. The van der Waals surface area contributed by atoms with Gasteiger partial charge in [0.15, 0.2) is 0 Å². The molecular formula is C25H22ClN3O3. The van der Waals surface area contributed by atoms with Crippen molar-refractivity contribution >= 4 is 28.9 Å². The standard InChI is InChI=1S/C25H22ClN3O3/c1-14-12-20(16(3)27-21-7-5-4-6-19(21)25(31)32)23-28-22(15(2)24(30)29(23)13-14)17-8-10-18(26)11-9-17/h4-13,16,27H,1-3H3,(H,31,32). The number of fused-ring (bicyclic) bond motifs is 1. The van der Waals surface area contributed by atoms with Gasteiger partial charge in [-0.1, -0.05) is 35.9 Å². The van der Waals surface area contributed by atoms with Gasteiger partial charge in [-0.2, -0.15) is 0 Å². The van der Waals surface area contributed by atoms with Crippen molar-refractivity contribution < 1.29 is 9.90 Å². The molecule has 1 unspecified atom stereocenters. The first kappa shape index (κ1) is 21.6. The highest BCUT2D eigenvalue weighted by Gasteiger charge is 2.19. The van der Waals surface area contributed by atoms with Crippen LogP contribution in [-0.2, 0) is 0 Å². The monoisotopic (exact) mass is 447 g/mol. The number of hydrogen-bond donors (Lipinski definition) is 2. The predicted octanol–water partition coefficient (Wildman–Crippen LogP) is 5.50. The third kappa shape index (κ3) is 3.97. The van der Waals surface area contributed by atoms with Crippen LogP contribution < -0.4 is 10.9 Å². The molecule has 6 nitrogen and oxygen atoms in total. The topological polar surface area (TPSA) is 83.7 Å². The van der Waals surface area contributed by atoms with Gasteiger partial charge in [-0.3, -0.25) is 9.20 Å². The van der Waals surface area contributed by atoms with E-state index in [1.54, 1.807) is 53.9 Å². The summed E-state index contributed by atoms with van der Waals surface area (Å²) in [6.07, 6.45) is 1.77. The molecule has 2 heterocycles. The second-order valence-corrected chi connectivity index (χ2v) is 8.22. The number of rotatable bonds is 5. The van der Waals surface area contributed by atoms with Crippen molar-refractivity contribution in [2.75, 3.05) is 5.32 Å². The van der Waals surface area contributed by atoms with Gasteiger partial charge in [-0.15, -0.1) is 0 Å². The molecule has 0 aliphatic rings. The third-order valence-corrected chi connectivity index (χ3v) is 5.68. The quantitative estimate of drug-likeness (QED) is 0.422. The Bertz CT molecular complexity index is 1390. The number of halogens is 1. The minimum absolute atomic E-state index is 0.150. The lowest BCUT2D eigenvalue weighted by atomic mass is 10.0. The molecule has 0 aliphatic heterocycles. The minimum atomic E-state index is -1.01. The van der Waals surface area contributed by atoms with Crippen LogP contribution in [0, 0.1) is 13.8 Å². The molecule has 7 heteroatoms. The number of aromatic carboxylic acids is 1. The zero-order valence-corrected chi connectivity index (χ0v) is 18.6. The van der Waals surface area contributed by atoms with Crippen LogP contribution in [0.25, 0.3) is 16.9 Å². The van der Waals surface area contributed by atoms with E-state index in [1.165, 1.54) is 0 Å². The summed E-state index contributed by atoms with van der Waals surface area (Å²) in [5.74, 6) is -1.01. The molecular weight excluding hydrogens is 426 g/mol. The van der Waals surface area contributed by atoms with Gasteiger partial charge in [0, 0.05) is 33.6 Å². The molecule has 2 N–H and O–H groups in total. The Balaban J connectivity index is 1.89. The number of carboxylic acid groups (broad SMARTS) is 1. The fourth-order valence-corrected chi connectivity index (χ4v) is 3.94. The molecule has 0 saturated heterocycles. The number of aromatic nitrogens is 2. The smallest absolute Gasteiger partial charge is 0.337 e. The Morgan fingerprint density at radius 1 is 1.12 bits per heavy atom. The maximum Gasteiger partial charge on any atom is 0.337 e. The van der Waals surface area contributed by atoms with Gasteiger partial charge >= 0.3 is 5.97 Å². The maximum absolute atomic E-state index is 13.2. The molecule has 0 aliphatic carbocycles. The van der Waals surface area contributed by atoms with Crippen LogP contribution in [0.4, 0.5) is 5.69 Å². The summed E-state index contributed by atoms with van der Waals surface area (Å²) >= 11 is 6.03. The van der Waals surface area contributed by atoms with Crippen LogP contribution in [0.15, 0.2) is 65.6 Å². The molecule has 2 aromatic carbocycles. The van der Waals surface area contributed by atoms with E-state index in [0.29, 0.717) is 27.6 Å². The molecule has 0 radical (unpaired) electrons.